The van der Waals surface area contributed by atoms with Gasteiger partial charge in [-0.3, -0.25) is 0 Å². The first-order valence-corrected chi connectivity index (χ1v) is 15.3. The molecular weight excluding hydrogens is 688 g/mol. The molecule has 5 heterocycles. The van der Waals surface area contributed by atoms with Crippen LogP contribution in [-0.4, -0.2) is 40.6 Å². The molecule has 11 heteroatoms. The number of pyridine rings is 2. The first-order chi connectivity index (χ1) is 17.7. The Kier molecular flexibility index (Phi) is 9.23. The summed E-state index contributed by atoms with van der Waals surface area (Å²) in [6.45, 7) is 5.93. The minimum absolute atomic E-state index is 0.229. The van der Waals surface area contributed by atoms with Gasteiger partial charge < -0.3 is 9.72 Å². The SMILES string of the molecule is C1CCOC1.Cc1c[nH]c2ncc(Br)cc12.Cc1cn(S(=O)(=O)c2ccc(Br)cc2)c2ncc(Br)cc12. The van der Waals surface area contributed by atoms with Crippen LogP contribution in [0.4, 0.5) is 0 Å². The van der Waals surface area contributed by atoms with Crippen LogP contribution in [0.25, 0.3) is 22.1 Å². The van der Waals surface area contributed by atoms with Gasteiger partial charge in [0.2, 0.25) is 0 Å². The summed E-state index contributed by atoms with van der Waals surface area (Å²) < 4.78 is 34.3. The monoisotopic (exact) mass is 710 g/mol. The van der Waals surface area contributed by atoms with Crippen molar-refractivity contribution in [1.82, 2.24) is 18.9 Å². The standard InChI is InChI=1S/C14H10Br2N2O2S.C8H7BrN2.C4H8O/c1-9-8-18(14-13(9)6-11(16)7-17-14)21(19,20)12-4-2-10(15)3-5-12;1-5-3-10-8-7(5)2-6(9)4-11-8;1-2-4-5-3-1/h2-8H,1H3;2-4H,1H3,(H,10,11);1-4H2. The lowest BCUT2D eigenvalue weighted by Gasteiger charge is -2.07. The highest BCUT2D eigenvalue weighted by Crippen LogP contribution is 2.27. The molecule has 194 valence electrons. The number of aryl methyl sites for hydroxylation is 2. The van der Waals surface area contributed by atoms with Gasteiger partial charge in [0, 0.05) is 62.2 Å². The van der Waals surface area contributed by atoms with E-state index in [1.165, 1.54) is 27.8 Å². The topological polar surface area (TPSA) is 89.9 Å². The van der Waals surface area contributed by atoms with Gasteiger partial charge in [-0.15, -0.1) is 0 Å². The van der Waals surface area contributed by atoms with Gasteiger partial charge >= 0.3 is 0 Å². The van der Waals surface area contributed by atoms with Crippen molar-refractivity contribution < 1.29 is 13.2 Å². The first-order valence-electron chi connectivity index (χ1n) is 11.5. The molecular formula is C26H25Br3N4O3S. The molecule has 0 atom stereocenters. The summed E-state index contributed by atoms with van der Waals surface area (Å²) in [5, 5.41) is 1.99. The lowest BCUT2D eigenvalue weighted by Crippen LogP contribution is -2.12. The van der Waals surface area contributed by atoms with Gasteiger partial charge in [0.15, 0.2) is 5.65 Å². The number of halogens is 3. The van der Waals surface area contributed by atoms with Gasteiger partial charge in [0.1, 0.15) is 5.65 Å². The smallest absolute Gasteiger partial charge is 0.269 e. The van der Waals surface area contributed by atoms with Crippen LogP contribution in [0, 0.1) is 13.8 Å². The molecule has 6 rings (SSSR count). The fourth-order valence-corrected chi connectivity index (χ4v) is 6.03. The van der Waals surface area contributed by atoms with Crippen molar-refractivity contribution >= 4 is 79.9 Å². The number of nitrogens with one attached hydrogen (secondary N) is 1. The predicted molar refractivity (Wildman–Crippen MR) is 157 cm³/mol. The molecule has 4 aromatic heterocycles. The van der Waals surface area contributed by atoms with E-state index in [1.807, 2.05) is 19.2 Å². The lowest BCUT2D eigenvalue weighted by atomic mass is 10.2. The Balaban J connectivity index is 0.000000164. The molecule has 0 amide bonds. The Morgan fingerprint density at radius 2 is 1.49 bits per heavy atom. The molecule has 0 aliphatic carbocycles. The Bertz CT molecular complexity index is 1620. The van der Waals surface area contributed by atoms with Crippen molar-refractivity contribution in [3.63, 3.8) is 0 Å². The maximum atomic E-state index is 12.8. The molecule has 0 saturated carbocycles. The second-order valence-corrected chi connectivity index (χ2v) is 13.0. The van der Waals surface area contributed by atoms with Crippen LogP contribution in [-0.2, 0) is 14.8 Å². The van der Waals surface area contributed by atoms with Gasteiger partial charge in [0.25, 0.3) is 10.0 Å². The molecule has 1 aliphatic rings. The molecule has 5 aromatic rings. The summed E-state index contributed by atoms with van der Waals surface area (Å²) in [6.07, 6.45) is 9.50. The number of ether oxygens (including phenoxy) is 1. The van der Waals surface area contributed by atoms with Crippen LogP contribution in [0.15, 0.2) is 79.5 Å². The molecule has 0 spiro atoms. The third kappa shape index (κ3) is 6.69. The normalized spacial score (nSPS) is 13.2. The van der Waals surface area contributed by atoms with Crippen molar-refractivity contribution in [2.24, 2.45) is 0 Å². The molecule has 1 aliphatic heterocycles. The van der Waals surface area contributed by atoms with E-state index in [9.17, 15) is 8.42 Å². The van der Waals surface area contributed by atoms with Crippen LogP contribution in [0.3, 0.4) is 0 Å². The average Bonchev–Trinajstić information content (AvgIpc) is 3.63. The molecule has 1 aromatic carbocycles. The van der Waals surface area contributed by atoms with Gasteiger partial charge in [-0.1, -0.05) is 15.9 Å². The maximum absolute atomic E-state index is 12.8. The van der Waals surface area contributed by atoms with E-state index in [1.54, 1.807) is 42.9 Å². The third-order valence-corrected chi connectivity index (χ3v) is 8.74. The molecule has 0 radical (unpaired) electrons. The van der Waals surface area contributed by atoms with Crippen molar-refractivity contribution in [3.05, 3.63) is 85.7 Å². The number of benzene rings is 1. The van der Waals surface area contributed by atoms with Crippen LogP contribution in [0.1, 0.15) is 24.0 Å². The average molecular weight is 713 g/mol. The highest BCUT2D eigenvalue weighted by Gasteiger charge is 2.21. The number of aromatic amines is 1. The number of hydrogen-bond donors (Lipinski definition) is 1. The van der Waals surface area contributed by atoms with Crippen molar-refractivity contribution in [3.8, 4) is 0 Å². The number of H-pyrrole nitrogens is 1. The van der Waals surface area contributed by atoms with E-state index in [-0.39, 0.29) is 4.90 Å². The largest absolute Gasteiger partial charge is 0.381 e. The Morgan fingerprint density at radius 3 is 2.11 bits per heavy atom. The number of nitrogens with zero attached hydrogens (tertiary/aromatic N) is 3. The predicted octanol–water partition coefficient (Wildman–Crippen LogP) is 7.54. The third-order valence-electron chi connectivity index (χ3n) is 5.68. The van der Waals surface area contributed by atoms with Crippen LogP contribution in [0.5, 0.6) is 0 Å². The first kappa shape index (κ1) is 28.0. The molecule has 1 N–H and O–H groups in total. The Morgan fingerprint density at radius 1 is 0.865 bits per heavy atom. The van der Waals surface area contributed by atoms with E-state index >= 15 is 0 Å². The van der Waals surface area contributed by atoms with E-state index < -0.39 is 10.0 Å². The second-order valence-electron chi connectivity index (χ2n) is 8.43. The van der Waals surface area contributed by atoms with Crippen molar-refractivity contribution in [2.75, 3.05) is 13.2 Å². The molecule has 1 fully saturated rings. The van der Waals surface area contributed by atoms with Gasteiger partial charge in [0.05, 0.1) is 4.90 Å². The zero-order chi connectivity index (χ0) is 26.6. The zero-order valence-corrected chi connectivity index (χ0v) is 25.8. The number of hydrogen-bond acceptors (Lipinski definition) is 5. The minimum Gasteiger partial charge on any atom is -0.381 e. The zero-order valence-electron chi connectivity index (χ0n) is 20.2. The molecule has 37 heavy (non-hydrogen) atoms. The van der Waals surface area contributed by atoms with Gasteiger partial charge in [-0.25, -0.2) is 22.4 Å². The fraction of sp³-hybridized carbons (Fsp3) is 0.231. The van der Waals surface area contributed by atoms with Crippen LogP contribution < -0.4 is 0 Å². The van der Waals surface area contributed by atoms with E-state index in [0.29, 0.717) is 5.65 Å². The van der Waals surface area contributed by atoms with E-state index in [0.717, 1.165) is 43.2 Å². The lowest BCUT2D eigenvalue weighted by molar-refractivity contribution is 0.198. The number of aromatic nitrogens is 4. The highest BCUT2D eigenvalue weighted by molar-refractivity contribution is 9.11. The fourth-order valence-electron chi connectivity index (χ4n) is 3.73. The van der Waals surface area contributed by atoms with Crippen molar-refractivity contribution in [2.45, 2.75) is 31.6 Å². The van der Waals surface area contributed by atoms with Gasteiger partial charge in [-0.2, -0.15) is 0 Å². The summed E-state index contributed by atoms with van der Waals surface area (Å²) in [6, 6.07) is 10.5. The Labute approximate surface area is 241 Å². The summed E-state index contributed by atoms with van der Waals surface area (Å²) >= 11 is 10.0. The highest BCUT2D eigenvalue weighted by atomic mass is 79.9. The summed E-state index contributed by atoms with van der Waals surface area (Å²) in [7, 11) is -3.66. The summed E-state index contributed by atoms with van der Waals surface area (Å²) in [5.74, 6) is 0. The molecule has 0 unspecified atom stereocenters. The van der Waals surface area contributed by atoms with E-state index in [2.05, 4.69) is 75.7 Å². The molecule has 1 saturated heterocycles. The van der Waals surface area contributed by atoms with Crippen LogP contribution in [0.2, 0.25) is 0 Å². The van der Waals surface area contributed by atoms with Gasteiger partial charge in [-0.05, 0) is 106 Å². The Hall–Kier alpha value is -2.05. The maximum Gasteiger partial charge on any atom is 0.269 e. The number of rotatable bonds is 2. The molecule has 7 nitrogen and oxygen atoms in total. The van der Waals surface area contributed by atoms with Crippen molar-refractivity contribution in [1.29, 1.82) is 0 Å². The summed E-state index contributed by atoms with van der Waals surface area (Å²) in [4.78, 5) is 11.7. The summed E-state index contributed by atoms with van der Waals surface area (Å²) in [5.41, 5.74) is 3.47. The van der Waals surface area contributed by atoms with Crippen LogP contribution >= 0.6 is 47.8 Å². The quantitative estimate of drug-likeness (QED) is 0.204. The molecule has 0 bridgehead atoms. The second kappa shape index (κ2) is 12.2. The van der Waals surface area contributed by atoms with E-state index in [4.69, 9.17) is 4.74 Å². The minimum atomic E-state index is -3.66. The number of fused-ring (bicyclic) bond motifs is 2.